The van der Waals surface area contributed by atoms with Crippen molar-refractivity contribution in [2.24, 2.45) is 0 Å². The second kappa shape index (κ2) is 4.30. The molecule has 1 aromatic carbocycles. The number of carbonyl (C=O) groups is 1. The Hall–Kier alpha value is -2.57. The second-order valence-corrected chi connectivity index (χ2v) is 2.79. The van der Waals surface area contributed by atoms with E-state index < -0.39 is 27.0 Å². The SMILES string of the molecule is C=CC(=O)c1ccc([N+](=O)[O-])c([N+](=O)[O-])c1. The summed E-state index contributed by atoms with van der Waals surface area (Å²) in [6, 6.07) is 2.94. The van der Waals surface area contributed by atoms with Gasteiger partial charge in [-0.15, -0.1) is 0 Å². The quantitative estimate of drug-likeness (QED) is 0.334. The Morgan fingerprint density at radius 2 is 1.75 bits per heavy atom. The molecule has 1 rings (SSSR count). The van der Waals surface area contributed by atoms with Gasteiger partial charge >= 0.3 is 11.4 Å². The largest absolute Gasteiger partial charge is 0.346 e. The first-order chi connectivity index (χ1) is 7.47. The summed E-state index contributed by atoms with van der Waals surface area (Å²) in [5, 5.41) is 21.0. The van der Waals surface area contributed by atoms with Crippen LogP contribution >= 0.6 is 0 Å². The van der Waals surface area contributed by atoms with E-state index in [0.29, 0.717) is 0 Å². The molecule has 0 spiro atoms. The molecule has 0 aliphatic rings. The Bertz CT molecular complexity index is 495. The van der Waals surface area contributed by atoms with Crippen LogP contribution in [0, 0.1) is 20.2 Å². The van der Waals surface area contributed by atoms with E-state index >= 15 is 0 Å². The minimum absolute atomic E-state index is 0.00713. The molecule has 0 saturated heterocycles. The van der Waals surface area contributed by atoms with Crippen molar-refractivity contribution in [2.45, 2.75) is 0 Å². The van der Waals surface area contributed by atoms with Crippen LogP contribution in [0.5, 0.6) is 0 Å². The first kappa shape index (κ1) is 11.5. The molecule has 0 aromatic heterocycles. The van der Waals surface area contributed by atoms with E-state index in [9.17, 15) is 25.0 Å². The molecule has 0 radical (unpaired) electrons. The van der Waals surface area contributed by atoms with Crippen molar-refractivity contribution in [1.29, 1.82) is 0 Å². The van der Waals surface area contributed by atoms with Crippen LogP contribution in [0.2, 0.25) is 0 Å². The highest BCUT2D eigenvalue weighted by molar-refractivity contribution is 6.04. The molecule has 0 atom stereocenters. The molecule has 0 aliphatic carbocycles. The van der Waals surface area contributed by atoms with Crippen LogP contribution in [0.25, 0.3) is 0 Å². The highest BCUT2D eigenvalue weighted by Gasteiger charge is 2.24. The fraction of sp³-hybridized carbons (Fsp3) is 0. The van der Waals surface area contributed by atoms with Gasteiger partial charge in [0.2, 0.25) is 0 Å². The number of hydrogen-bond acceptors (Lipinski definition) is 5. The summed E-state index contributed by atoms with van der Waals surface area (Å²) < 4.78 is 0. The van der Waals surface area contributed by atoms with Crippen molar-refractivity contribution in [3.05, 3.63) is 56.6 Å². The van der Waals surface area contributed by atoms with Crippen molar-refractivity contribution in [3.63, 3.8) is 0 Å². The number of nitro benzene ring substituents is 2. The molecule has 0 bridgehead atoms. The molecule has 1 aromatic rings. The number of nitro groups is 2. The molecule has 0 heterocycles. The topological polar surface area (TPSA) is 103 Å². The van der Waals surface area contributed by atoms with Crippen LogP contribution in [0.4, 0.5) is 11.4 Å². The lowest BCUT2D eigenvalue weighted by Crippen LogP contribution is -2.00. The van der Waals surface area contributed by atoms with Gasteiger partial charge in [0.15, 0.2) is 5.78 Å². The van der Waals surface area contributed by atoms with Crippen molar-refractivity contribution in [2.75, 3.05) is 0 Å². The number of hydrogen-bond donors (Lipinski definition) is 0. The van der Waals surface area contributed by atoms with Crippen molar-refractivity contribution >= 4 is 17.2 Å². The first-order valence-corrected chi connectivity index (χ1v) is 4.07. The van der Waals surface area contributed by atoms with Crippen molar-refractivity contribution < 1.29 is 14.6 Å². The third kappa shape index (κ3) is 2.08. The van der Waals surface area contributed by atoms with E-state index in [1.54, 1.807) is 0 Å². The predicted octanol–water partition coefficient (Wildman–Crippen LogP) is 1.87. The Morgan fingerprint density at radius 1 is 1.19 bits per heavy atom. The molecule has 82 valence electrons. The van der Waals surface area contributed by atoms with Gasteiger partial charge in [0, 0.05) is 17.7 Å². The van der Waals surface area contributed by atoms with Crippen molar-refractivity contribution in [1.82, 2.24) is 0 Å². The fourth-order valence-electron chi connectivity index (χ4n) is 1.10. The van der Waals surface area contributed by atoms with E-state index in [2.05, 4.69) is 6.58 Å². The van der Waals surface area contributed by atoms with Crippen LogP contribution in [-0.2, 0) is 0 Å². The lowest BCUT2D eigenvalue weighted by atomic mass is 10.1. The molecule has 7 nitrogen and oxygen atoms in total. The maximum atomic E-state index is 11.2. The Kier molecular flexibility index (Phi) is 3.09. The summed E-state index contributed by atoms with van der Waals surface area (Å²) in [6.45, 7) is 3.22. The molecule has 16 heavy (non-hydrogen) atoms. The number of ketones is 1. The van der Waals surface area contributed by atoms with Gasteiger partial charge in [-0.25, -0.2) is 0 Å². The number of benzene rings is 1. The first-order valence-electron chi connectivity index (χ1n) is 4.07. The van der Waals surface area contributed by atoms with Crippen LogP contribution < -0.4 is 0 Å². The van der Waals surface area contributed by atoms with Gasteiger partial charge in [-0.2, -0.15) is 0 Å². The van der Waals surface area contributed by atoms with E-state index in [1.807, 2.05) is 0 Å². The highest BCUT2D eigenvalue weighted by Crippen LogP contribution is 2.27. The molecule has 0 unspecified atom stereocenters. The number of allylic oxidation sites excluding steroid dienone is 1. The number of carbonyl (C=O) groups excluding carboxylic acids is 1. The maximum absolute atomic E-state index is 11.2. The Labute approximate surface area is 89.3 Å². The third-order valence-corrected chi connectivity index (χ3v) is 1.84. The third-order valence-electron chi connectivity index (χ3n) is 1.84. The van der Waals surface area contributed by atoms with Gasteiger partial charge in [-0.1, -0.05) is 6.58 Å². The van der Waals surface area contributed by atoms with Gasteiger partial charge < -0.3 is 0 Å². The predicted molar refractivity (Wildman–Crippen MR) is 54.3 cm³/mol. The maximum Gasteiger partial charge on any atom is 0.346 e. The van der Waals surface area contributed by atoms with Crippen LogP contribution in [0.1, 0.15) is 10.4 Å². The fourth-order valence-corrected chi connectivity index (χ4v) is 1.10. The van der Waals surface area contributed by atoms with Gasteiger partial charge in [0.05, 0.1) is 9.85 Å². The number of nitrogens with zero attached hydrogens (tertiary/aromatic N) is 2. The summed E-state index contributed by atoms with van der Waals surface area (Å²) in [5.74, 6) is -0.530. The summed E-state index contributed by atoms with van der Waals surface area (Å²) >= 11 is 0. The van der Waals surface area contributed by atoms with Gasteiger partial charge in [-0.3, -0.25) is 25.0 Å². The average Bonchev–Trinajstić information content (AvgIpc) is 2.26. The zero-order valence-corrected chi connectivity index (χ0v) is 7.95. The van der Waals surface area contributed by atoms with E-state index in [1.165, 1.54) is 0 Å². The van der Waals surface area contributed by atoms with Crippen LogP contribution in [0.15, 0.2) is 30.9 Å². The normalized spacial score (nSPS) is 9.50. The molecule has 0 fully saturated rings. The van der Waals surface area contributed by atoms with Crippen LogP contribution in [-0.4, -0.2) is 15.6 Å². The summed E-state index contributed by atoms with van der Waals surface area (Å²) in [6.07, 6.45) is 0.977. The number of rotatable bonds is 4. The molecule has 7 heteroatoms. The van der Waals surface area contributed by atoms with E-state index in [4.69, 9.17) is 0 Å². The second-order valence-electron chi connectivity index (χ2n) is 2.79. The lowest BCUT2D eigenvalue weighted by molar-refractivity contribution is -0.422. The van der Waals surface area contributed by atoms with E-state index in [-0.39, 0.29) is 5.56 Å². The van der Waals surface area contributed by atoms with Crippen molar-refractivity contribution in [3.8, 4) is 0 Å². The summed E-state index contributed by atoms with van der Waals surface area (Å²) in [4.78, 5) is 30.4. The minimum Gasteiger partial charge on any atom is -0.289 e. The zero-order chi connectivity index (χ0) is 12.3. The highest BCUT2D eigenvalue weighted by atomic mass is 16.6. The van der Waals surface area contributed by atoms with Crippen LogP contribution in [0.3, 0.4) is 0 Å². The Morgan fingerprint density at radius 3 is 2.19 bits per heavy atom. The smallest absolute Gasteiger partial charge is 0.289 e. The monoisotopic (exact) mass is 222 g/mol. The summed E-state index contributed by atoms with van der Waals surface area (Å²) in [5.41, 5.74) is -1.37. The molecular weight excluding hydrogens is 216 g/mol. The molecule has 0 amide bonds. The molecule has 0 saturated carbocycles. The Balaban J connectivity index is 3.39. The van der Waals surface area contributed by atoms with Gasteiger partial charge in [0.25, 0.3) is 0 Å². The molecule has 0 aliphatic heterocycles. The van der Waals surface area contributed by atoms with Gasteiger partial charge in [-0.05, 0) is 12.1 Å². The molecular formula is C9H6N2O5. The van der Waals surface area contributed by atoms with E-state index in [0.717, 1.165) is 24.3 Å². The zero-order valence-electron chi connectivity index (χ0n) is 7.95. The average molecular weight is 222 g/mol. The lowest BCUT2D eigenvalue weighted by Gasteiger charge is -1.97. The standard InChI is InChI=1S/C9H6N2O5/c1-2-9(12)6-3-4-7(10(13)14)8(5-6)11(15)16/h2-5H,1H2. The minimum atomic E-state index is -0.905. The van der Waals surface area contributed by atoms with Gasteiger partial charge in [0.1, 0.15) is 0 Å². The molecule has 0 N–H and O–H groups in total. The summed E-state index contributed by atoms with van der Waals surface area (Å²) in [7, 11) is 0.